The van der Waals surface area contributed by atoms with Crippen LogP contribution in [0.4, 0.5) is 0 Å². The van der Waals surface area contributed by atoms with Crippen LogP contribution in [0, 0.1) is 6.92 Å². The van der Waals surface area contributed by atoms with Gasteiger partial charge in [-0.1, -0.05) is 54.6 Å². The number of thiocarbonyl (C=S) groups is 1. The topological polar surface area (TPSA) is 79.7 Å². The number of benzene rings is 2. The van der Waals surface area contributed by atoms with Crippen molar-refractivity contribution in [3.05, 3.63) is 83.2 Å². The molecule has 2 heterocycles. The van der Waals surface area contributed by atoms with Crippen molar-refractivity contribution in [1.82, 2.24) is 24.7 Å². The number of imidazole rings is 1. The lowest BCUT2D eigenvalue weighted by Gasteiger charge is -2.31. The third-order valence-corrected chi connectivity index (χ3v) is 8.70. The van der Waals surface area contributed by atoms with Crippen LogP contribution < -0.4 is 5.32 Å². The van der Waals surface area contributed by atoms with E-state index >= 15 is 0 Å². The molecule has 1 saturated heterocycles. The molecule has 10 heteroatoms. The van der Waals surface area contributed by atoms with Gasteiger partial charge in [0.05, 0.1) is 43.9 Å². The first-order valence-electron chi connectivity index (χ1n) is 13.1. The van der Waals surface area contributed by atoms with Crippen LogP contribution in [0.3, 0.4) is 0 Å². The summed E-state index contributed by atoms with van der Waals surface area (Å²) in [5, 5.41) is 4.00. The fraction of sp³-hybridized carbons (Fsp3) is 0.429. The van der Waals surface area contributed by atoms with E-state index in [9.17, 15) is 8.42 Å². The number of hydrogen-bond donors (Lipinski definition) is 1. The van der Waals surface area contributed by atoms with Gasteiger partial charge in [-0.3, -0.25) is 4.90 Å². The molecule has 1 aliphatic rings. The van der Waals surface area contributed by atoms with Crippen molar-refractivity contribution in [1.29, 1.82) is 0 Å². The molecular weight excluding hydrogens is 518 g/mol. The number of nitrogens with zero attached hydrogens (tertiary/aromatic N) is 4. The first kappa shape index (κ1) is 28.2. The summed E-state index contributed by atoms with van der Waals surface area (Å²) < 4.78 is 34.7. The van der Waals surface area contributed by atoms with Crippen LogP contribution in [-0.4, -0.2) is 78.8 Å². The number of ether oxygens (including phenoxy) is 1. The Morgan fingerprint density at radius 1 is 1.11 bits per heavy atom. The summed E-state index contributed by atoms with van der Waals surface area (Å²) in [6.07, 6.45) is 1.68. The van der Waals surface area contributed by atoms with Crippen molar-refractivity contribution in [2.45, 2.75) is 37.8 Å². The normalized spacial score (nSPS) is 14.4. The monoisotopic (exact) mass is 555 g/mol. The Labute approximate surface area is 231 Å². The number of rotatable bonds is 11. The van der Waals surface area contributed by atoms with E-state index in [0.29, 0.717) is 31.3 Å². The lowest BCUT2D eigenvalue weighted by molar-refractivity contribution is 0.0356. The molecule has 0 spiro atoms. The van der Waals surface area contributed by atoms with Crippen LogP contribution in [0.2, 0.25) is 0 Å². The van der Waals surface area contributed by atoms with E-state index in [2.05, 4.69) is 20.1 Å². The van der Waals surface area contributed by atoms with E-state index < -0.39 is 9.84 Å². The van der Waals surface area contributed by atoms with Crippen LogP contribution in [0.15, 0.2) is 66.0 Å². The second kappa shape index (κ2) is 13.3. The Kier molecular flexibility index (Phi) is 9.90. The average Bonchev–Trinajstić information content (AvgIpc) is 3.32. The molecule has 0 amide bonds. The van der Waals surface area contributed by atoms with Gasteiger partial charge in [0, 0.05) is 32.7 Å². The van der Waals surface area contributed by atoms with Crippen molar-refractivity contribution in [3.8, 4) is 0 Å². The number of hydrogen-bond acceptors (Lipinski definition) is 6. The number of aromatic nitrogens is 2. The second-order valence-electron chi connectivity index (χ2n) is 9.50. The fourth-order valence-electron chi connectivity index (χ4n) is 4.54. The highest BCUT2D eigenvalue weighted by Gasteiger charge is 2.26. The van der Waals surface area contributed by atoms with Crippen LogP contribution in [0.1, 0.15) is 29.3 Å². The van der Waals surface area contributed by atoms with Gasteiger partial charge in [-0.15, -0.1) is 0 Å². The molecule has 0 saturated carbocycles. The molecule has 0 unspecified atom stereocenters. The predicted octanol–water partition coefficient (Wildman–Crippen LogP) is 3.24. The Morgan fingerprint density at radius 2 is 1.82 bits per heavy atom. The van der Waals surface area contributed by atoms with Crippen molar-refractivity contribution in [3.63, 3.8) is 0 Å². The second-order valence-corrected chi connectivity index (χ2v) is 11.8. The zero-order chi connectivity index (χ0) is 27.0. The van der Waals surface area contributed by atoms with Crippen molar-refractivity contribution in [2.75, 3.05) is 45.9 Å². The molecule has 1 aromatic heterocycles. The van der Waals surface area contributed by atoms with Gasteiger partial charge in [0.1, 0.15) is 0 Å². The van der Waals surface area contributed by atoms with Gasteiger partial charge in [0.2, 0.25) is 15.0 Å². The molecule has 1 aliphatic heterocycles. The fourth-order valence-corrected chi connectivity index (χ4v) is 6.43. The van der Waals surface area contributed by atoms with Crippen LogP contribution >= 0.6 is 12.2 Å². The first-order chi connectivity index (χ1) is 18.4. The molecule has 0 bridgehead atoms. The van der Waals surface area contributed by atoms with Gasteiger partial charge in [-0.05, 0) is 42.8 Å². The van der Waals surface area contributed by atoms with Gasteiger partial charge >= 0.3 is 0 Å². The summed E-state index contributed by atoms with van der Waals surface area (Å²) in [6.45, 7) is 10.4. The van der Waals surface area contributed by atoms with E-state index in [1.54, 1.807) is 6.20 Å². The van der Waals surface area contributed by atoms with E-state index in [4.69, 9.17) is 17.0 Å². The van der Waals surface area contributed by atoms with E-state index in [1.807, 2.05) is 73.0 Å². The molecule has 2 aromatic carbocycles. The molecular formula is C28H37N5O3S2. The van der Waals surface area contributed by atoms with Crippen molar-refractivity contribution in [2.24, 2.45) is 0 Å². The van der Waals surface area contributed by atoms with E-state index in [0.717, 1.165) is 55.2 Å². The third kappa shape index (κ3) is 7.41. The Bertz CT molecular complexity index is 1310. The van der Waals surface area contributed by atoms with Crippen LogP contribution in [0.5, 0.6) is 0 Å². The van der Waals surface area contributed by atoms with Crippen LogP contribution in [-0.2, 0) is 33.4 Å². The highest BCUT2D eigenvalue weighted by molar-refractivity contribution is 7.90. The maximum atomic E-state index is 13.7. The van der Waals surface area contributed by atoms with Gasteiger partial charge < -0.3 is 19.5 Å². The SMILES string of the molecule is CCNC(=S)N(CCN1CCOCC1)Cc1cnc(S(=O)(=O)Cc2ccccc2C)n1Cc1ccccc1. The Balaban J connectivity index is 1.64. The molecule has 1 N–H and O–H groups in total. The number of nitrogens with one attached hydrogen (secondary N) is 1. The molecule has 1 fully saturated rings. The summed E-state index contributed by atoms with van der Waals surface area (Å²) in [6, 6.07) is 17.5. The Hall–Kier alpha value is -2.79. The quantitative estimate of drug-likeness (QED) is 0.362. The maximum Gasteiger partial charge on any atom is 0.228 e. The summed E-state index contributed by atoms with van der Waals surface area (Å²) >= 11 is 5.72. The molecule has 38 heavy (non-hydrogen) atoms. The van der Waals surface area contributed by atoms with Gasteiger partial charge in [0.25, 0.3) is 0 Å². The van der Waals surface area contributed by atoms with Gasteiger partial charge in [-0.2, -0.15) is 0 Å². The maximum absolute atomic E-state index is 13.7. The summed E-state index contributed by atoms with van der Waals surface area (Å²) in [7, 11) is -3.70. The third-order valence-electron chi connectivity index (χ3n) is 6.73. The Morgan fingerprint density at radius 3 is 2.53 bits per heavy atom. The lowest BCUT2D eigenvalue weighted by atomic mass is 10.1. The molecule has 0 atom stereocenters. The number of sulfone groups is 1. The lowest BCUT2D eigenvalue weighted by Crippen LogP contribution is -2.46. The highest BCUT2D eigenvalue weighted by Crippen LogP contribution is 2.22. The van der Waals surface area contributed by atoms with Crippen molar-refractivity contribution >= 4 is 27.2 Å². The molecule has 8 nitrogen and oxygen atoms in total. The highest BCUT2D eigenvalue weighted by atomic mass is 32.2. The average molecular weight is 556 g/mol. The molecule has 0 aliphatic carbocycles. The minimum absolute atomic E-state index is 0.0853. The number of aryl methyl sites for hydroxylation is 1. The zero-order valence-electron chi connectivity index (χ0n) is 22.2. The van der Waals surface area contributed by atoms with E-state index in [1.165, 1.54) is 0 Å². The molecule has 4 rings (SSSR count). The van der Waals surface area contributed by atoms with Crippen molar-refractivity contribution < 1.29 is 13.2 Å². The summed E-state index contributed by atoms with van der Waals surface area (Å²) in [5.41, 5.74) is 3.54. The molecule has 204 valence electrons. The predicted molar refractivity (Wildman–Crippen MR) is 154 cm³/mol. The number of morpholine rings is 1. The largest absolute Gasteiger partial charge is 0.379 e. The smallest absolute Gasteiger partial charge is 0.228 e. The molecule has 3 aromatic rings. The minimum Gasteiger partial charge on any atom is -0.379 e. The first-order valence-corrected chi connectivity index (χ1v) is 15.1. The zero-order valence-corrected chi connectivity index (χ0v) is 23.8. The van der Waals surface area contributed by atoms with E-state index in [-0.39, 0.29) is 10.9 Å². The van der Waals surface area contributed by atoms with Crippen LogP contribution in [0.25, 0.3) is 0 Å². The summed E-state index contributed by atoms with van der Waals surface area (Å²) in [4.78, 5) is 8.94. The minimum atomic E-state index is -3.70. The molecule has 0 radical (unpaired) electrons. The van der Waals surface area contributed by atoms with Gasteiger partial charge in [-0.25, -0.2) is 13.4 Å². The standard InChI is InChI=1S/C28H37N5O3S2/c1-3-29-27(37)32(14-13-31-15-17-36-18-16-31)21-26-19-30-28(33(26)20-24-10-5-4-6-11-24)38(34,35)22-25-12-8-7-9-23(25)2/h4-12,19H,3,13-18,20-22H2,1-2H3,(H,29,37). The van der Waals surface area contributed by atoms with Gasteiger partial charge in [0.15, 0.2) is 5.11 Å². The summed E-state index contributed by atoms with van der Waals surface area (Å²) in [5.74, 6) is -0.0958.